The van der Waals surface area contributed by atoms with Crippen LogP contribution in [0.5, 0.6) is 0 Å². The van der Waals surface area contributed by atoms with Crippen molar-refractivity contribution < 1.29 is 9.53 Å². The fraction of sp³-hybridized carbons (Fsp3) is 0.190. The number of carbonyl (C=O) groups excluding carboxylic acids is 1. The van der Waals surface area contributed by atoms with Crippen LogP contribution in [-0.4, -0.2) is 10.8 Å². The summed E-state index contributed by atoms with van der Waals surface area (Å²) in [5.41, 5.74) is 8.78. The first-order valence-corrected chi connectivity index (χ1v) is 8.47. The molecule has 2 N–H and O–H groups in total. The summed E-state index contributed by atoms with van der Waals surface area (Å²) in [6.07, 6.45) is 4.28. The number of pyridine rings is 1. The van der Waals surface area contributed by atoms with E-state index in [2.05, 4.69) is 11.1 Å². The average Bonchev–Trinajstić information content (AvgIpc) is 2.68. The normalized spacial score (nSPS) is 22.5. The number of aromatic nitrogens is 1. The Hall–Kier alpha value is -3.39. The van der Waals surface area contributed by atoms with Crippen LogP contribution in [0.25, 0.3) is 0 Å². The molecule has 1 aliphatic heterocycles. The van der Waals surface area contributed by atoms with Crippen LogP contribution >= 0.6 is 0 Å². The molecule has 0 amide bonds. The second-order valence-corrected chi connectivity index (χ2v) is 6.48. The molecule has 4 rings (SSSR count). The Labute approximate surface area is 151 Å². The van der Waals surface area contributed by atoms with Gasteiger partial charge in [0.25, 0.3) is 0 Å². The lowest BCUT2D eigenvalue weighted by atomic mass is 9.74. The molecule has 2 atom stereocenters. The molecule has 0 unspecified atom stereocenters. The van der Waals surface area contributed by atoms with Gasteiger partial charge in [-0.15, -0.1) is 0 Å². The van der Waals surface area contributed by atoms with E-state index in [9.17, 15) is 10.1 Å². The number of ether oxygens (including phenoxy) is 1. The molecule has 128 valence electrons. The molecule has 0 radical (unpaired) electrons. The molecular formula is C21H17N3O2. The third-order valence-electron chi connectivity index (χ3n) is 4.97. The van der Waals surface area contributed by atoms with E-state index in [1.807, 2.05) is 42.5 Å². The van der Waals surface area contributed by atoms with Gasteiger partial charge in [-0.2, -0.15) is 5.26 Å². The Morgan fingerprint density at radius 2 is 1.81 bits per heavy atom. The van der Waals surface area contributed by atoms with Crippen LogP contribution in [-0.2, 0) is 9.53 Å². The summed E-state index contributed by atoms with van der Waals surface area (Å²) >= 11 is 0. The molecule has 0 spiro atoms. The first-order valence-electron chi connectivity index (χ1n) is 8.47. The predicted molar refractivity (Wildman–Crippen MR) is 95.3 cm³/mol. The molecule has 5 nitrogen and oxygen atoms in total. The molecule has 0 saturated heterocycles. The van der Waals surface area contributed by atoms with Gasteiger partial charge < -0.3 is 10.5 Å². The van der Waals surface area contributed by atoms with E-state index in [0.29, 0.717) is 24.2 Å². The van der Waals surface area contributed by atoms with Crippen LogP contribution in [0.4, 0.5) is 0 Å². The Balaban J connectivity index is 1.79. The van der Waals surface area contributed by atoms with Gasteiger partial charge in [0, 0.05) is 30.8 Å². The first kappa shape index (κ1) is 16.1. The van der Waals surface area contributed by atoms with E-state index in [1.54, 1.807) is 12.4 Å². The maximum Gasteiger partial charge on any atom is 0.205 e. The van der Waals surface area contributed by atoms with Gasteiger partial charge in [0.15, 0.2) is 5.78 Å². The van der Waals surface area contributed by atoms with E-state index in [4.69, 9.17) is 10.5 Å². The number of nitrogens with two attached hydrogens (primary N) is 1. The van der Waals surface area contributed by atoms with E-state index in [-0.39, 0.29) is 23.2 Å². The zero-order valence-electron chi connectivity index (χ0n) is 14.1. The molecule has 1 aliphatic carbocycles. The highest BCUT2D eigenvalue weighted by atomic mass is 16.5. The number of hydrogen-bond donors (Lipinski definition) is 1. The van der Waals surface area contributed by atoms with E-state index in [1.165, 1.54) is 0 Å². The molecule has 5 heteroatoms. The molecule has 26 heavy (non-hydrogen) atoms. The quantitative estimate of drug-likeness (QED) is 0.904. The lowest BCUT2D eigenvalue weighted by Crippen LogP contribution is -2.29. The Bertz CT molecular complexity index is 956. The number of hydrogen-bond acceptors (Lipinski definition) is 5. The van der Waals surface area contributed by atoms with Crippen LogP contribution in [0, 0.1) is 11.3 Å². The van der Waals surface area contributed by atoms with E-state index < -0.39 is 5.92 Å². The van der Waals surface area contributed by atoms with Crippen LogP contribution in [0.1, 0.15) is 35.8 Å². The maximum absolute atomic E-state index is 13.0. The lowest BCUT2D eigenvalue weighted by Gasteiger charge is -2.34. The molecule has 2 heterocycles. The predicted octanol–water partition coefficient (Wildman–Crippen LogP) is 3.29. The molecule has 0 saturated carbocycles. The molecule has 2 aromatic rings. The third kappa shape index (κ3) is 2.66. The highest BCUT2D eigenvalue weighted by Gasteiger charge is 2.40. The van der Waals surface area contributed by atoms with Gasteiger partial charge in [0.1, 0.15) is 17.4 Å². The van der Waals surface area contributed by atoms with Gasteiger partial charge in [-0.3, -0.25) is 9.78 Å². The summed E-state index contributed by atoms with van der Waals surface area (Å²) in [6.45, 7) is 0. The number of Topliss-reactive ketones (excluding diaryl/α,β-unsaturated/α-hetero) is 1. The standard InChI is InChI=1S/C21H17N3O2/c22-12-16-19(14-6-8-24-9-7-14)20-17(25)10-15(11-18(20)26-21(16)23)13-4-2-1-3-5-13/h1-9,15,19H,10-11,23H2/t15-,19+/m1/s1. The number of carbonyl (C=O) groups is 1. The fourth-order valence-corrected chi connectivity index (χ4v) is 3.76. The van der Waals surface area contributed by atoms with Gasteiger partial charge in [0.05, 0.1) is 5.92 Å². The second-order valence-electron chi connectivity index (χ2n) is 6.48. The van der Waals surface area contributed by atoms with E-state index in [0.717, 1.165) is 11.1 Å². The van der Waals surface area contributed by atoms with Crippen molar-refractivity contribution in [1.82, 2.24) is 4.98 Å². The van der Waals surface area contributed by atoms with Crippen molar-refractivity contribution in [3.63, 3.8) is 0 Å². The minimum atomic E-state index is -0.490. The summed E-state index contributed by atoms with van der Waals surface area (Å²) in [4.78, 5) is 17.1. The van der Waals surface area contributed by atoms with Gasteiger partial charge in [-0.05, 0) is 29.2 Å². The topological polar surface area (TPSA) is 89.0 Å². The summed E-state index contributed by atoms with van der Waals surface area (Å²) < 4.78 is 5.75. The largest absolute Gasteiger partial charge is 0.444 e. The van der Waals surface area contributed by atoms with Crippen molar-refractivity contribution in [3.8, 4) is 6.07 Å². The number of ketones is 1. The zero-order valence-corrected chi connectivity index (χ0v) is 14.1. The summed E-state index contributed by atoms with van der Waals surface area (Å²) in [6, 6.07) is 15.7. The average molecular weight is 343 g/mol. The minimum absolute atomic E-state index is 0.00200. The summed E-state index contributed by atoms with van der Waals surface area (Å²) in [5, 5.41) is 9.58. The summed E-state index contributed by atoms with van der Waals surface area (Å²) in [7, 11) is 0. The van der Waals surface area contributed by atoms with Crippen molar-refractivity contribution in [2.45, 2.75) is 24.7 Å². The highest BCUT2D eigenvalue weighted by Crippen LogP contribution is 2.46. The smallest absolute Gasteiger partial charge is 0.205 e. The first-order chi connectivity index (χ1) is 12.7. The molecule has 0 fully saturated rings. The summed E-state index contributed by atoms with van der Waals surface area (Å²) in [5.74, 6) is 0.220. The van der Waals surface area contributed by atoms with Crippen molar-refractivity contribution in [3.05, 3.63) is 88.8 Å². The lowest BCUT2D eigenvalue weighted by molar-refractivity contribution is -0.117. The SMILES string of the molecule is N#CC1=C(N)OC2=C(C(=O)C[C@@H](c3ccccc3)C2)[C@H]1c1ccncc1. The third-order valence-corrected chi connectivity index (χ3v) is 4.97. The number of allylic oxidation sites excluding steroid dienone is 3. The van der Waals surface area contributed by atoms with Gasteiger partial charge >= 0.3 is 0 Å². The van der Waals surface area contributed by atoms with Crippen molar-refractivity contribution in [2.75, 3.05) is 0 Å². The molecule has 2 aliphatic rings. The zero-order chi connectivity index (χ0) is 18.1. The van der Waals surface area contributed by atoms with Crippen LogP contribution < -0.4 is 5.73 Å². The minimum Gasteiger partial charge on any atom is -0.444 e. The van der Waals surface area contributed by atoms with Crippen LogP contribution in [0.15, 0.2) is 77.6 Å². The van der Waals surface area contributed by atoms with Gasteiger partial charge in [-0.1, -0.05) is 30.3 Å². The molecule has 1 aromatic carbocycles. The van der Waals surface area contributed by atoms with Crippen molar-refractivity contribution >= 4 is 5.78 Å². The van der Waals surface area contributed by atoms with Crippen LogP contribution in [0.2, 0.25) is 0 Å². The molecule has 0 bridgehead atoms. The number of nitrogens with zero attached hydrogens (tertiary/aromatic N) is 2. The Kier molecular flexibility index (Phi) is 4.02. The van der Waals surface area contributed by atoms with Crippen molar-refractivity contribution in [2.24, 2.45) is 5.73 Å². The van der Waals surface area contributed by atoms with Crippen molar-refractivity contribution in [1.29, 1.82) is 5.26 Å². The van der Waals surface area contributed by atoms with Gasteiger partial charge in [0.2, 0.25) is 5.88 Å². The highest BCUT2D eigenvalue weighted by molar-refractivity contribution is 6.00. The monoisotopic (exact) mass is 343 g/mol. The number of rotatable bonds is 2. The molecular weight excluding hydrogens is 326 g/mol. The van der Waals surface area contributed by atoms with E-state index >= 15 is 0 Å². The maximum atomic E-state index is 13.0. The van der Waals surface area contributed by atoms with Crippen LogP contribution in [0.3, 0.4) is 0 Å². The second kappa shape index (κ2) is 6.49. The Morgan fingerprint density at radius 3 is 2.50 bits per heavy atom. The van der Waals surface area contributed by atoms with Gasteiger partial charge in [-0.25, -0.2) is 0 Å². The molecule has 1 aromatic heterocycles. The number of benzene rings is 1. The fourth-order valence-electron chi connectivity index (χ4n) is 3.76. The number of nitriles is 1. The Morgan fingerprint density at radius 1 is 1.08 bits per heavy atom.